The van der Waals surface area contributed by atoms with Crippen molar-refractivity contribution in [3.05, 3.63) is 23.8 Å². The summed E-state index contributed by atoms with van der Waals surface area (Å²) in [6.45, 7) is 7.21. The Hall–Kier alpha value is -1.55. The van der Waals surface area contributed by atoms with Crippen molar-refractivity contribution < 1.29 is 9.53 Å². The maximum Gasteiger partial charge on any atom is 0.161 e. The standard InChI is InChI=1S/C14H22N2O2/c1-10(2)16(7-8-18-4)12-5-6-13(11(3)17)14(15)9-12/h5-6,9-10H,7-8,15H2,1-4H3. The van der Waals surface area contributed by atoms with Gasteiger partial charge in [-0.1, -0.05) is 0 Å². The summed E-state index contributed by atoms with van der Waals surface area (Å²) in [5.74, 6) is -0.00737. The number of methoxy groups -OCH3 is 1. The molecule has 0 saturated carbocycles. The zero-order valence-corrected chi connectivity index (χ0v) is 11.6. The minimum Gasteiger partial charge on any atom is -0.398 e. The third-order valence-corrected chi connectivity index (χ3v) is 2.91. The van der Waals surface area contributed by atoms with Gasteiger partial charge in [-0.2, -0.15) is 0 Å². The van der Waals surface area contributed by atoms with Gasteiger partial charge in [-0.05, 0) is 39.0 Å². The molecule has 2 N–H and O–H groups in total. The molecule has 0 heterocycles. The van der Waals surface area contributed by atoms with E-state index >= 15 is 0 Å². The first-order chi connectivity index (χ1) is 8.47. The van der Waals surface area contributed by atoms with Crippen molar-refractivity contribution in [3.8, 4) is 0 Å². The number of carbonyl (C=O) groups excluding carboxylic acids is 1. The normalized spacial score (nSPS) is 10.7. The molecule has 100 valence electrons. The maximum absolute atomic E-state index is 11.3. The van der Waals surface area contributed by atoms with E-state index in [1.54, 1.807) is 13.2 Å². The highest BCUT2D eigenvalue weighted by Crippen LogP contribution is 2.23. The highest BCUT2D eigenvalue weighted by Gasteiger charge is 2.12. The van der Waals surface area contributed by atoms with Crippen LogP contribution in [0.3, 0.4) is 0 Å². The Morgan fingerprint density at radius 3 is 2.56 bits per heavy atom. The molecule has 1 rings (SSSR count). The number of anilines is 2. The Balaban J connectivity index is 2.99. The van der Waals surface area contributed by atoms with Crippen LogP contribution in [0.25, 0.3) is 0 Å². The summed E-state index contributed by atoms with van der Waals surface area (Å²) >= 11 is 0. The fraction of sp³-hybridized carbons (Fsp3) is 0.500. The van der Waals surface area contributed by atoms with Crippen LogP contribution in [0.1, 0.15) is 31.1 Å². The Morgan fingerprint density at radius 1 is 1.44 bits per heavy atom. The van der Waals surface area contributed by atoms with Gasteiger partial charge in [0.2, 0.25) is 0 Å². The molecule has 0 aliphatic heterocycles. The Bertz CT molecular complexity index is 416. The van der Waals surface area contributed by atoms with Crippen molar-refractivity contribution in [2.24, 2.45) is 0 Å². The molecule has 0 saturated heterocycles. The third-order valence-electron chi connectivity index (χ3n) is 2.91. The van der Waals surface area contributed by atoms with Gasteiger partial charge in [0.15, 0.2) is 5.78 Å². The second-order valence-corrected chi connectivity index (χ2v) is 4.61. The van der Waals surface area contributed by atoms with Gasteiger partial charge < -0.3 is 15.4 Å². The van der Waals surface area contributed by atoms with Gasteiger partial charge in [0, 0.05) is 36.6 Å². The van der Waals surface area contributed by atoms with Crippen LogP contribution >= 0.6 is 0 Å². The molecule has 4 heteroatoms. The lowest BCUT2D eigenvalue weighted by molar-refractivity contribution is 0.101. The fourth-order valence-electron chi connectivity index (χ4n) is 1.92. The number of carbonyl (C=O) groups is 1. The zero-order chi connectivity index (χ0) is 13.7. The van der Waals surface area contributed by atoms with Crippen LogP contribution in [0, 0.1) is 0 Å². The third kappa shape index (κ3) is 3.47. The average Bonchev–Trinajstić information content (AvgIpc) is 2.28. The van der Waals surface area contributed by atoms with Crippen LogP contribution in [0.5, 0.6) is 0 Å². The second kappa shape index (κ2) is 6.40. The van der Waals surface area contributed by atoms with Gasteiger partial charge in [-0.3, -0.25) is 4.79 Å². The van der Waals surface area contributed by atoms with E-state index in [4.69, 9.17) is 10.5 Å². The van der Waals surface area contributed by atoms with Crippen molar-refractivity contribution in [2.75, 3.05) is 30.9 Å². The maximum atomic E-state index is 11.3. The van der Waals surface area contributed by atoms with Crippen LogP contribution < -0.4 is 10.6 Å². The summed E-state index contributed by atoms with van der Waals surface area (Å²) in [5, 5.41) is 0. The predicted octanol–water partition coefficient (Wildman–Crippen LogP) is 2.33. The molecule has 0 aliphatic carbocycles. The lowest BCUT2D eigenvalue weighted by atomic mass is 10.1. The fourth-order valence-corrected chi connectivity index (χ4v) is 1.92. The van der Waals surface area contributed by atoms with Crippen molar-refractivity contribution in [2.45, 2.75) is 26.8 Å². The van der Waals surface area contributed by atoms with Gasteiger partial charge in [0.1, 0.15) is 0 Å². The number of nitrogen functional groups attached to an aromatic ring is 1. The first kappa shape index (κ1) is 14.5. The number of hydrogen-bond acceptors (Lipinski definition) is 4. The van der Waals surface area contributed by atoms with Gasteiger partial charge in [0.05, 0.1) is 6.61 Å². The molecule has 0 atom stereocenters. The SMILES string of the molecule is COCCN(c1ccc(C(C)=O)c(N)c1)C(C)C. The molecule has 0 bridgehead atoms. The summed E-state index contributed by atoms with van der Waals surface area (Å²) in [6, 6.07) is 5.92. The van der Waals surface area contributed by atoms with Crippen LogP contribution in [-0.4, -0.2) is 32.1 Å². The van der Waals surface area contributed by atoms with Gasteiger partial charge in [0.25, 0.3) is 0 Å². The van der Waals surface area contributed by atoms with E-state index in [1.165, 1.54) is 6.92 Å². The minimum atomic E-state index is -0.00737. The number of Topliss-reactive ketones (excluding diaryl/α,β-unsaturated/α-hetero) is 1. The number of nitrogens with two attached hydrogens (primary N) is 1. The van der Waals surface area contributed by atoms with Crippen LogP contribution in [0.2, 0.25) is 0 Å². The molecule has 1 aromatic carbocycles. The molecular weight excluding hydrogens is 228 g/mol. The number of hydrogen-bond donors (Lipinski definition) is 1. The molecule has 0 aliphatic rings. The molecule has 0 spiro atoms. The first-order valence-electron chi connectivity index (χ1n) is 6.13. The summed E-state index contributed by atoms with van der Waals surface area (Å²) in [7, 11) is 1.69. The highest BCUT2D eigenvalue weighted by molar-refractivity contribution is 5.99. The zero-order valence-electron chi connectivity index (χ0n) is 11.6. The average molecular weight is 250 g/mol. The van der Waals surface area contributed by atoms with Crippen molar-refractivity contribution >= 4 is 17.2 Å². The molecule has 0 amide bonds. The van der Waals surface area contributed by atoms with E-state index in [1.807, 2.05) is 12.1 Å². The number of ether oxygens (including phenoxy) is 1. The number of benzene rings is 1. The van der Waals surface area contributed by atoms with Crippen molar-refractivity contribution in [1.29, 1.82) is 0 Å². The number of nitrogens with zero attached hydrogens (tertiary/aromatic N) is 1. The van der Waals surface area contributed by atoms with E-state index in [9.17, 15) is 4.79 Å². The molecule has 4 nitrogen and oxygen atoms in total. The van der Waals surface area contributed by atoms with Gasteiger partial charge >= 0.3 is 0 Å². The predicted molar refractivity (Wildman–Crippen MR) is 75.2 cm³/mol. The Labute approximate surface area is 109 Å². The lowest BCUT2D eigenvalue weighted by Gasteiger charge is -2.29. The van der Waals surface area contributed by atoms with Crippen LogP contribution in [0.15, 0.2) is 18.2 Å². The van der Waals surface area contributed by atoms with Gasteiger partial charge in [-0.15, -0.1) is 0 Å². The quantitative estimate of drug-likeness (QED) is 0.622. The first-order valence-corrected chi connectivity index (χ1v) is 6.13. The largest absolute Gasteiger partial charge is 0.398 e. The summed E-state index contributed by atoms with van der Waals surface area (Å²) in [4.78, 5) is 13.5. The smallest absolute Gasteiger partial charge is 0.161 e. The minimum absolute atomic E-state index is 0.00737. The van der Waals surface area contributed by atoms with E-state index in [0.717, 1.165) is 12.2 Å². The summed E-state index contributed by atoms with van der Waals surface area (Å²) in [6.07, 6.45) is 0. The molecular formula is C14H22N2O2. The number of rotatable bonds is 6. The second-order valence-electron chi connectivity index (χ2n) is 4.61. The topological polar surface area (TPSA) is 55.6 Å². The molecule has 0 aromatic heterocycles. The van der Waals surface area contributed by atoms with Crippen molar-refractivity contribution in [3.63, 3.8) is 0 Å². The lowest BCUT2D eigenvalue weighted by Crippen LogP contribution is -2.33. The van der Waals surface area contributed by atoms with Gasteiger partial charge in [-0.25, -0.2) is 0 Å². The monoisotopic (exact) mass is 250 g/mol. The van der Waals surface area contributed by atoms with Crippen LogP contribution in [0.4, 0.5) is 11.4 Å². The Morgan fingerprint density at radius 2 is 2.11 bits per heavy atom. The number of ketones is 1. The van der Waals surface area contributed by atoms with Crippen molar-refractivity contribution in [1.82, 2.24) is 0 Å². The van der Waals surface area contributed by atoms with E-state index in [2.05, 4.69) is 18.7 Å². The molecule has 0 fully saturated rings. The van der Waals surface area contributed by atoms with Crippen LogP contribution in [-0.2, 0) is 4.74 Å². The van der Waals surface area contributed by atoms with E-state index in [0.29, 0.717) is 23.9 Å². The molecule has 0 radical (unpaired) electrons. The molecule has 0 unspecified atom stereocenters. The van der Waals surface area contributed by atoms with E-state index < -0.39 is 0 Å². The summed E-state index contributed by atoms with van der Waals surface area (Å²) in [5.41, 5.74) is 8.04. The summed E-state index contributed by atoms with van der Waals surface area (Å²) < 4.78 is 5.11. The molecule has 1 aromatic rings. The van der Waals surface area contributed by atoms with E-state index in [-0.39, 0.29) is 5.78 Å². The molecule has 18 heavy (non-hydrogen) atoms. The highest BCUT2D eigenvalue weighted by atomic mass is 16.5. The Kier molecular flexibility index (Phi) is 5.16.